The fraction of sp³-hybridized carbons (Fsp3) is 0.200. The zero-order valence-electron chi connectivity index (χ0n) is 8.06. The highest BCUT2D eigenvalue weighted by atomic mass is 32.1. The van der Waals surface area contributed by atoms with Crippen LogP contribution in [-0.2, 0) is 11.2 Å². The number of carboxylic acid groups (broad SMARTS) is 1. The number of carboxylic acids is 1. The summed E-state index contributed by atoms with van der Waals surface area (Å²) in [6.45, 7) is 1.91. The number of carbonyl (C=O) groups is 1. The van der Waals surface area contributed by atoms with Gasteiger partial charge in [-0.3, -0.25) is 4.79 Å². The molecule has 1 N–H and O–H groups in total. The summed E-state index contributed by atoms with van der Waals surface area (Å²) in [6, 6.07) is 4.01. The molecule has 0 saturated carbocycles. The van der Waals surface area contributed by atoms with E-state index in [1.54, 1.807) is 11.3 Å². The van der Waals surface area contributed by atoms with E-state index in [9.17, 15) is 4.79 Å². The largest absolute Gasteiger partial charge is 0.481 e. The molecule has 0 unspecified atom stereocenters. The summed E-state index contributed by atoms with van der Waals surface area (Å²) < 4.78 is 0. The van der Waals surface area contributed by atoms with Gasteiger partial charge in [0, 0.05) is 4.88 Å². The van der Waals surface area contributed by atoms with Crippen LogP contribution in [0.1, 0.15) is 10.7 Å². The first kappa shape index (κ1) is 10.3. The van der Waals surface area contributed by atoms with Crippen LogP contribution in [0.15, 0.2) is 17.5 Å². The van der Waals surface area contributed by atoms with Gasteiger partial charge in [0.05, 0.1) is 17.0 Å². The first-order valence-electron chi connectivity index (χ1n) is 4.39. The van der Waals surface area contributed by atoms with E-state index in [2.05, 4.69) is 4.98 Å². The molecule has 0 aliphatic carbocycles. The third-order valence-corrected chi connectivity index (χ3v) is 4.10. The monoisotopic (exact) mass is 239 g/mol. The highest BCUT2D eigenvalue weighted by Gasteiger charge is 2.12. The molecule has 2 rings (SSSR count). The zero-order valence-corrected chi connectivity index (χ0v) is 9.69. The minimum absolute atomic E-state index is 0.0108. The lowest BCUT2D eigenvalue weighted by Crippen LogP contribution is -1.98. The summed E-state index contributed by atoms with van der Waals surface area (Å²) in [7, 11) is 0. The molecule has 0 spiro atoms. The van der Waals surface area contributed by atoms with E-state index < -0.39 is 5.97 Å². The third-order valence-electron chi connectivity index (χ3n) is 1.89. The number of hydrogen-bond donors (Lipinski definition) is 1. The summed E-state index contributed by atoms with van der Waals surface area (Å²) in [5.74, 6) is -0.832. The van der Waals surface area contributed by atoms with Gasteiger partial charge in [-0.05, 0) is 18.4 Å². The number of aliphatic carboxylic acids is 1. The van der Waals surface area contributed by atoms with Crippen molar-refractivity contribution in [2.75, 3.05) is 0 Å². The number of aromatic nitrogens is 1. The maximum atomic E-state index is 10.5. The predicted molar refractivity (Wildman–Crippen MR) is 61.5 cm³/mol. The quantitative estimate of drug-likeness (QED) is 0.896. The highest BCUT2D eigenvalue weighted by Crippen LogP contribution is 2.33. The molecule has 2 aromatic rings. The van der Waals surface area contributed by atoms with E-state index >= 15 is 0 Å². The summed E-state index contributed by atoms with van der Waals surface area (Å²) in [6.07, 6.45) is 0.0108. The second kappa shape index (κ2) is 4.12. The fourth-order valence-electron chi connectivity index (χ4n) is 1.29. The SMILES string of the molecule is Cc1nc(CC(=O)O)sc1-c1cccs1. The normalized spacial score (nSPS) is 10.5. The summed E-state index contributed by atoms with van der Waals surface area (Å²) in [5, 5.41) is 11.3. The molecule has 0 amide bonds. The average molecular weight is 239 g/mol. The number of nitrogens with zero attached hydrogens (tertiary/aromatic N) is 1. The van der Waals surface area contributed by atoms with Crippen LogP contribution in [0, 0.1) is 6.92 Å². The minimum atomic E-state index is -0.832. The average Bonchev–Trinajstić information content (AvgIpc) is 2.72. The van der Waals surface area contributed by atoms with E-state index in [1.807, 2.05) is 24.4 Å². The lowest BCUT2D eigenvalue weighted by atomic mass is 10.3. The number of thiazole rings is 1. The maximum absolute atomic E-state index is 10.5. The van der Waals surface area contributed by atoms with Crippen molar-refractivity contribution in [3.05, 3.63) is 28.2 Å². The highest BCUT2D eigenvalue weighted by molar-refractivity contribution is 7.21. The van der Waals surface area contributed by atoms with Gasteiger partial charge in [-0.1, -0.05) is 6.07 Å². The minimum Gasteiger partial charge on any atom is -0.481 e. The molecule has 0 fully saturated rings. The molecule has 78 valence electrons. The van der Waals surface area contributed by atoms with Crippen molar-refractivity contribution in [2.24, 2.45) is 0 Å². The van der Waals surface area contributed by atoms with Crippen LogP contribution < -0.4 is 0 Å². The number of aryl methyl sites for hydroxylation is 1. The predicted octanol–water partition coefficient (Wildman–Crippen LogP) is 2.81. The topological polar surface area (TPSA) is 50.2 Å². The Balaban J connectivity index is 2.34. The first-order chi connectivity index (χ1) is 7.16. The molecular weight excluding hydrogens is 230 g/mol. The Labute approximate surface area is 95.0 Å². The molecule has 2 aromatic heterocycles. The fourth-order valence-corrected chi connectivity index (χ4v) is 3.25. The Morgan fingerprint density at radius 3 is 3.00 bits per heavy atom. The van der Waals surface area contributed by atoms with Gasteiger partial charge in [0.15, 0.2) is 0 Å². The molecule has 5 heteroatoms. The van der Waals surface area contributed by atoms with Gasteiger partial charge in [-0.15, -0.1) is 22.7 Å². The Bertz CT molecular complexity index is 474. The van der Waals surface area contributed by atoms with E-state index in [-0.39, 0.29) is 6.42 Å². The van der Waals surface area contributed by atoms with Crippen LogP contribution >= 0.6 is 22.7 Å². The van der Waals surface area contributed by atoms with Gasteiger partial charge in [0.1, 0.15) is 5.01 Å². The maximum Gasteiger partial charge on any atom is 0.310 e. The van der Waals surface area contributed by atoms with Crippen LogP contribution in [0.25, 0.3) is 9.75 Å². The Morgan fingerprint density at radius 1 is 1.60 bits per heavy atom. The van der Waals surface area contributed by atoms with Crippen molar-refractivity contribution in [1.82, 2.24) is 4.98 Å². The Hall–Kier alpha value is -1.20. The molecule has 2 heterocycles. The molecule has 0 radical (unpaired) electrons. The summed E-state index contributed by atoms with van der Waals surface area (Å²) in [5.41, 5.74) is 0.915. The standard InChI is InChI=1S/C10H9NO2S2/c1-6-10(7-3-2-4-14-7)15-8(11-6)5-9(12)13/h2-4H,5H2,1H3,(H,12,13). The van der Waals surface area contributed by atoms with E-state index in [0.29, 0.717) is 5.01 Å². The van der Waals surface area contributed by atoms with Gasteiger partial charge < -0.3 is 5.11 Å². The van der Waals surface area contributed by atoms with Gasteiger partial charge >= 0.3 is 5.97 Å². The molecule has 15 heavy (non-hydrogen) atoms. The van der Waals surface area contributed by atoms with E-state index in [0.717, 1.165) is 15.4 Å². The van der Waals surface area contributed by atoms with Crippen LogP contribution in [0.4, 0.5) is 0 Å². The van der Waals surface area contributed by atoms with Gasteiger partial charge in [-0.2, -0.15) is 0 Å². The second-order valence-corrected chi connectivity index (χ2v) is 5.10. The molecule has 0 saturated heterocycles. The zero-order chi connectivity index (χ0) is 10.8. The lowest BCUT2D eigenvalue weighted by Gasteiger charge is -1.90. The molecule has 0 atom stereocenters. The molecule has 0 aliphatic heterocycles. The number of hydrogen-bond acceptors (Lipinski definition) is 4. The van der Waals surface area contributed by atoms with E-state index in [4.69, 9.17) is 5.11 Å². The number of rotatable bonds is 3. The summed E-state index contributed by atoms with van der Waals surface area (Å²) >= 11 is 3.11. The van der Waals surface area contributed by atoms with Crippen molar-refractivity contribution in [3.63, 3.8) is 0 Å². The van der Waals surface area contributed by atoms with Gasteiger partial charge in [-0.25, -0.2) is 4.98 Å². The number of thiophene rings is 1. The third kappa shape index (κ3) is 2.24. The first-order valence-corrected chi connectivity index (χ1v) is 6.08. The second-order valence-electron chi connectivity index (χ2n) is 3.07. The van der Waals surface area contributed by atoms with E-state index in [1.165, 1.54) is 11.3 Å². The summed E-state index contributed by atoms with van der Waals surface area (Å²) in [4.78, 5) is 17.0. The molecule has 0 aliphatic rings. The van der Waals surface area contributed by atoms with Crippen molar-refractivity contribution < 1.29 is 9.90 Å². The van der Waals surface area contributed by atoms with Crippen LogP contribution in [-0.4, -0.2) is 16.1 Å². The lowest BCUT2D eigenvalue weighted by molar-refractivity contribution is -0.136. The molecule has 0 aromatic carbocycles. The van der Waals surface area contributed by atoms with Gasteiger partial charge in [0.2, 0.25) is 0 Å². The van der Waals surface area contributed by atoms with Crippen LogP contribution in [0.2, 0.25) is 0 Å². The molecule has 0 bridgehead atoms. The Kier molecular flexibility index (Phi) is 2.83. The van der Waals surface area contributed by atoms with Crippen LogP contribution in [0.5, 0.6) is 0 Å². The molecular formula is C10H9NO2S2. The smallest absolute Gasteiger partial charge is 0.310 e. The van der Waals surface area contributed by atoms with Crippen molar-refractivity contribution in [2.45, 2.75) is 13.3 Å². The van der Waals surface area contributed by atoms with Crippen molar-refractivity contribution in [3.8, 4) is 9.75 Å². The van der Waals surface area contributed by atoms with Gasteiger partial charge in [0.25, 0.3) is 0 Å². The van der Waals surface area contributed by atoms with Crippen molar-refractivity contribution in [1.29, 1.82) is 0 Å². The van der Waals surface area contributed by atoms with Crippen LogP contribution in [0.3, 0.4) is 0 Å². The van der Waals surface area contributed by atoms with Crippen molar-refractivity contribution >= 4 is 28.6 Å². The molecule has 3 nitrogen and oxygen atoms in total. The Morgan fingerprint density at radius 2 is 2.40 bits per heavy atom.